The molecule has 116 valence electrons. The fourth-order valence-electron chi connectivity index (χ4n) is 3.65. The number of likely N-dealkylation sites (N-methyl/N-ethyl adjacent to an activating group) is 1. The van der Waals surface area contributed by atoms with Crippen molar-refractivity contribution in [3.8, 4) is 0 Å². The van der Waals surface area contributed by atoms with Crippen LogP contribution < -0.4 is 5.73 Å². The lowest BCUT2D eigenvalue weighted by Gasteiger charge is -2.26. The van der Waals surface area contributed by atoms with Crippen LogP contribution in [0, 0.1) is 6.92 Å². The van der Waals surface area contributed by atoms with Crippen LogP contribution in [-0.2, 0) is 10.0 Å². The normalized spacial score (nSPS) is 27.7. The summed E-state index contributed by atoms with van der Waals surface area (Å²) in [6.07, 6.45) is 3.16. The number of benzene rings is 1. The minimum absolute atomic E-state index is 0.283. The zero-order valence-electron chi connectivity index (χ0n) is 12.6. The van der Waals surface area contributed by atoms with Crippen molar-refractivity contribution >= 4 is 15.7 Å². The smallest absolute Gasteiger partial charge is 0.245 e. The number of aryl methyl sites for hydroxylation is 1. The Balaban J connectivity index is 1.96. The third kappa shape index (κ3) is 2.45. The maximum atomic E-state index is 13.0. The molecule has 2 fully saturated rings. The number of anilines is 1. The molecule has 5 nitrogen and oxygen atoms in total. The van der Waals surface area contributed by atoms with Gasteiger partial charge in [-0.3, -0.25) is 4.90 Å². The van der Waals surface area contributed by atoms with E-state index in [1.807, 2.05) is 0 Å². The van der Waals surface area contributed by atoms with E-state index < -0.39 is 10.0 Å². The van der Waals surface area contributed by atoms with Gasteiger partial charge in [-0.1, -0.05) is 12.1 Å². The third-order valence-electron chi connectivity index (χ3n) is 4.95. The predicted molar refractivity (Wildman–Crippen MR) is 83.5 cm³/mol. The fraction of sp³-hybridized carbons (Fsp3) is 0.600. The highest BCUT2D eigenvalue weighted by molar-refractivity contribution is 7.89. The van der Waals surface area contributed by atoms with Crippen molar-refractivity contribution in [3.05, 3.63) is 23.8 Å². The van der Waals surface area contributed by atoms with Gasteiger partial charge in [0, 0.05) is 25.2 Å². The fourth-order valence-corrected chi connectivity index (χ4v) is 5.47. The molecule has 0 aliphatic carbocycles. The zero-order valence-corrected chi connectivity index (χ0v) is 13.4. The van der Waals surface area contributed by atoms with E-state index in [9.17, 15) is 8.42 Å². The topological polar surface area (TPSA) is 66.6 Å². The summed E-state index contributed by atoms with van der Waals surface area (Å²) in [6.45, 7) is 2.96. The number of rotatable bonds is 2. The molecule has 0 spiro atoms. The summed E-state index contributed by atoms with van der Waals surface area (Å²) < 4.78 is 27.6. The van der Waals surface area contributed by atoms with Crippen molar-refractivity contribution in [3.63, 3.8) is 0 Å². The van der Waals surface area contributed by atoms with E-state index in [-0.39, 0.29) is 4.90 Å². The molecule has 2 bridgehead atoms. The Morgan fingerprint density at radius 1 is 1.19 bits per heavy atom. The molecule has 0 saturated carbocycles. The van der Waals surface area contributed by atoms with Crippen LogP contribution >= 0.6 is 0 Å². The van der Waals surface area contributed by atoms with Crippen molar-refractivity contribution in [2.45, 2.75) is 43.2 Å². The molecular formula is C15H23N3O2S. The van der Waals surface area contributed by atoms with Crippen LogP contribution in [0.3, 0.4) is 0 Å². The van der Waals surface area contributed by atoms with Crippen molar-refractivity contribution in [2.75, 3.05) is 25.9 Å². The second-order valence-corrected chi connectivity index (χ2v) is 8.07. The quantitative estimate of drug-likeness (QED) is 0.839. The number of fused-ring (bicyclic) bond motifs is 2. The summed E-state index contributed by atoms with van der Waals surface area (Å²) in [5, 5.41) is 0. The predicted octanol–water partition coefficient (Wildman–Crippen LogP) is 1.43. The van der Waals surface area contributed by atoms with E-state index in [2.05, 4.69) is 11.9 Å². The molecule has 1 aromatic carbocycles. The first-order valence-corrected chi connectivity index (χ1v) is 8.92. The lowest BCUT2D eigenvalue weighted by molar-refractivity contribution is 0.246. The van der Waals surface area contributed by atoms with Gasteiger partial charge in [0.05, 0.1) is 5.69 Å². The van der Waals surface area contributed by atoms with Gasteiger partial charge in [0.1, 0.15) is 4.90 Å². The largest absolute Gasteiger partial charge is 0.398 e. The Bertz CT molecular complexity index is 624. The number of hydrogen-bond donors (Lipinski definition) is 1. The number of nitrogen functional groups attached to an aromatic ring is 1. The zero-order chi connectivity index (χ0) is 15.2. The molecule has 1 aromatic rings. The van der Waals surface area contributed by atoms with Crippen LogP contribution in [0.15, 0.2) is 23.1 Å². The van der Waals surface area contributed by atoms with E-state index in [4.69, 9.17) is 5.73 Å². The molecule has 0 amide bonds. The maximum absolute atomic E-state index is 13.0. The molecule has 3 rings (SSSR count). The van der Waals surface area contributed by atoms with E-state index in [0.717, 1.165) is 18.4 Å². The minimum Gasteiger partial charge on any atom is -0.398 e. The van der Waals surface area contributed by atoms with Gasteiger partial charge >= 0.3 is 0 Å². The number of nitrogens with two attached hydrogens (primary N) is 1. The van der Waals surface area contributed by atoms with Crippen LogP contribution in [-0.4, -0.2) is 49.8 Å². The molecule has 0 radical (unpaired) electrons. The average molecular weight is 309 g/mol. The summed E-state index contributed by atoms with van der Waals surface area (Å²) >= 11 is 0. The Morgan fingerprint density at radius 2 is 1.90 bits per heavy atom. The highest BCUT2D eigenvalue weighted by atomic mass is 32.2. The van der Waals surface area contributed by atoms with Crippen molar-refractivity contribution in [2.24, 2.45) is 0 Å². The summed E-state index contributed by atoms with van der Waals surface area (Å²) in [5.41, 5.74) is 7.01. The van der Waals surface area contributed by atoms with Gasteiger partial charge in [0.25, 0.3) is 0 Å². The lowest BCUT2D eigenvalue weighted by Crippen LogP contribution is -2.40. The molecular weight excluding hydrogens is 286 g/mol. The van der Waals surface area contributed by atoms with Crippen LogP contribution in [0.25, 0.3) is 0 Å². The summed E-state index contributed by atoms with van der Waals surface area (Å²) in [6, 6.07) is 6.11. The van der Waals surface area contributed by atoms with E-state index in [1.54, 1.807) is 29.4 Å². The highest BCUT2D eigenvalue weighted by Gasteiger charge is 2.39. The Hall–Kier alpha value is -1.11. The van der Waals surface area contributed by atoms with Gasteiger partial charge in [-0.2, -0.15) is 4.31 Å². The molecule has 2 atom stereocenters. The molecule has 2 aliphatic rings. The number of sulfonamides is 1. The van der Waals surface area contributed by atoms with Gasteiger partial charge < -0.3 is 5.73 Å². The van der Waals surface area contributed by atoms with Gasteiger partial charge in [-0.05, 0) is 44.9 Å². The molecule has 2 unspecified atom stereocenters. The van der Waals surface area contributed by atoms with E-state index in [1.165, 1.54) is 6.42 Å². The Morgan fingerprint density at radius 3 is 2.62 bits per heavy atom. The SMILES string of the molecule is Cc1cccc(N)c1S(=O)(=O)N1CCC2CCC(C1)N2C. The minimum atomic E-state index is -3.51. The molecule has 2 N–H and O–H groups in total. The molecule has 2 aliphatic heterocycles. The standard InChI is InChI=1S/C15H23N3O2S/c1-11-4-3-5-14(16)15(11)21(19,20)18-9-8-12-6-7-13(10-18)17(12)2/h3-5,12-13H,6-10,16H2,1-2H3. The first kappa shape index (κ1) is 14.8. The molecule has 6 heteroatoms. The second kappa shape index (κ2) is 5.26. The Labute approximate surface area is 126 Å². The van der Waals surface area contributed by atoms with E-state index >= 15 is 0 Å². The first-order valence-electron chi connectivity index (χ1n) is 7.48. The van der Waals surface area contributed by atoms with Crippen LogP contribution in [0.2, 0.25) is 0 Å². The molecule has 0 aromatic heterocycles. The lowest BCUT2D eigenvalue weighted by atomic mass is 10.1. The summed E-state index contributed by atoms with van der Waals surface area (Å²) in [7, 11) is -1.40. The summed E-state index contributed by atoms with van der Waals surface area (Å²) in [5.74, 6) is 0. The van der Waals surface area contributed by atoms with Gasteiger partial charge in [0.2, 0.25) is 10.0 Å². The molecule has 21 heavy (non-hydrogen) atoms. The van der Waals surface area contributed by atoms with Gasteiger partial charge in [-0.25, -0.2) is 8.42 Å². The van der Waals surface area contributed by atoms with Gasteiger partial charge in [0.15, 0.2) is 0 Å². The average Bonchev–Trinajstić information content (AvgIpc) is 2.61. The second-order valence-electron chi connectivity index (χ2n) is 6.20. The highest BCUT2D eigenvalue weighted by Crippen LogP contribution is 2.33. The summed E-state index contributed by atoms with van der Waals surface area (Å²) in [4.78, 5) is 2.63. The van der Waals surface area contributed by atoms with Crippen LogP contribution in [0.4, 0.5) is 5.69 Å². The van der Waals surface area contributed by atoms with E-state index in [0.29, 0.717) is 30.9 Å². The number of hydrogen-bond acceptors (Lipinski definition) is 4. The van der Waals surface area contributed by atoms with Crippen LogP contribution in [0.5, 0.6) is 0 Å². The van der Waals surface area contributed by atoms with Crippen LogP contribution in [0.1, 0.15) is 24.8 Å². The first-order chi connectivity index (χ1) is 9.91. The molecule has 2 saturated heterocycles. The monoisotopic (exact) mass is 309 g/mol. The molecule has 2 heterocycles. The van der Waals surface area contributed by atoms with Crippen molar-refractivity contribution in [1.82, 2.24) is 9.21 Å². The maximum Gasteiger partial charge on any atom is 0.245 e. The van der Waals surface area contributed by atoms with Gasteiger partial charge in [-0.15, -0.1) is 0 Å². The van der Waals surface area contributed by atoms with Crippen molar-refractivity contribution < 1.29 is 8.42 Å². The third-order valence-corrected chi connectivity index (χ3v) is 7.04. The Kier molecular flexibility index (Phi) is 3.71. The number of nitrogens with zero attached hydrogens (tertiary/aromatic N) is 2. The van der Waals surface area contributed by atoms with Crippen molar-refractivity contribution in [1.29, 1.82) is 0 Å².